The number of nitrogens with one attached hydrogen (secondary N) is 1. The molecule has 3 N–H and O–H groups in total. The van der Waals surface area contributed by atoms with Crippen LogP contribution in [-0.2, 0) is 14.3 Å². The van der Waals surface area contributed by atoms with Crippen LogP contribution in [0.4, 0.5) is 0 Å². The van der Waals surface area contributed by atoms with E-state index in [4.69, 9.17) is 4.74 Å². The Morgan fingerprint density at radius 1 is 0.412 bits per heavy atom. The number of unbranched alkanes of at least 4 members (excludes halogenated alkanes) is 39. The Hall–Kier alpha value is -1.92. The van der Waals surface area contributed by atoms with Crippen LogP contribution < -0.4 is 5.32 Å². The van der Waals surface area contributed by atoms with E-state index < -0.39 is 12.1 Å². The summed E-state index contributed by atoms with van der Waals surface area (Å²) in [5.41, 5.74) is 0. The standard InChI is InChI=1S/C62H117NO5/c1-3-5-7-9-11-13-15-17-19-21-23-24-25-27-30-34-38-42-46-50-54-60(65)59(58-64)63-61(66)55-51-47-43-39-35-31-29-33-37-41-45-49-53-57-68-62(67)56-52-48-44-40-36-32-28-26-22-20-18-16-14-12-10-8-6-4-2/h14,16,20,22,31,35,59-60,64-65H,3-13,15,17-19,21,23-30,32-34,36-58H2,1-2H3,(H,63,66)/b16-14-,22-20-,35-31-. The van der Waals surface area contributed by atoms with E-state index in [0.29, 0.717) is 25.9 Å². The van der Waals surface area contributed by atoms with Crippen molar-refractivity contribution in [3.8, 4) is 0 Å². The Labute approximate surface area is 424 Å². The molecule has 68 heavy (non-hydrogen) atoms. The zero-order valence-corrected chi connectivity index (χ0v) is 45.6. The fraction of sp³-hybridized carbons (Fsp3) is 0.871. The Bertz CT molecular complexity index is 1100. The maximum Gasteiger partial charge on any atom is 0.305 e. The molecule has 0 radical (unpaired) electrons. The Morgan fingerprint density at radius 2 is 0.735 bits per heavy atom. The van der Waals surface area contributed by atoms with E-state index in [1.54, 1.807) is 0 Å². The highest BCUT2D eigenvalue weighted by Gasteiger charge is 2.20. The van der Waals surface area contributed by atoms with Gasteiger partial charge in [-0.15, -0.1) is 0 Å². The predicted molar refractivity (Wildman–Crippen MR) is 296 cm³/mol. The smallest absolute Gasteiger partial charge is 0.305 e. The lowest BCUT2D eigenvalue weighted by Gasteiger charge is -2.22. The summed E-state index contributed by atoms with van der Waals surface area (Å²) in [6.45, 7) is 4.91. The van der Waals surface area contributed by atoms with Gasteiger partial charge in [-0.25, -0.2) is 0 Å². The average Bonchev–Trinajstić information content (AvgIpc) is 3.34. The van der Waals surface area contributed by atoms with Gasteiger partial charge < -0.3 is 20.3 Å². The second-order valence-electron chi connectivity index (χ2n) is 20.7. The first-order valence-electron chi connectivity index (χ1n) is 30.2. The van der Waals surface area contributed by atoms with Crippen molar-refractivity contribution in [3.05, 3.63) is 36.5 Å². The predicted octanol–water partition coefficient (Wildman–Crippen LogP) is 18.8. The van der Waals surface area contributed by atoms with E-state index in [2.05, 4.69) is 55.6 Å². The molecule has 1 amide bonds. The third-order valence-electron chi connectivity index (χ3n) is 13.9. The molecule has 0 aliphatic heterocycles. The summed E-state index contributed by atoms with van der Waals surface area (Å²) in [4.78, 5) is 24.6. The summed E-state index contributed by atoms with van der Waals surface area (Å²) in [7, 11) is 0. The van der Waals surface area contributed by atoms with E-state index in [9.17, 15) is 19.8 Å². The van der Waals surface area contributed by atoms with Gasteiger partial charge in [-0.2, -0.15) is 0 Å². The molecule has 400 valence electrons. The Kier molecular flexibility index (Phi) is 56.0. The Morgan fingerprint density at radius 3 is 1.16 bits per heavy atom. The van der Waals surface area contributed by atoms with E-state index in [-0.39, 0.29) is 18.5 Å². The highest BCUT2D eigenvalue weighted by atomic mass is 16.5. The number of hydrogen-bond acceptors (Lipinski definition) is 5. The van der Waals surface area contributed by atoms with Gasteiger partial charge in [-0.3, -0.25) is 9.59 Å². The minimum absolute atomic E-state index is 0.0194. The largest absolute Gasteiger partial charge is 0.466 e. The minimum atomic E-state index is -0.683. The van der Waals surface area contributed by atoms with Gasteiger partial charge in [0.15, 0.2) is 0 Å². The summed E-state index contributed by atoms with van der Waals surface area (Å²) >= 11 is 0. The second kappa shape index (κ2) is 57.7. The van der Waals surface area contributed by atoms with Crippen molar-refractivity contribution in [2.75, 3.05) is 13.2 Å². The number of allylic oxidation sites excluding steroid dienone is 6. The lowest BCUT2D eigenvalue weighted by molar-refractivity contribution is -0.143. The maximum absolute atomic E-state index is 12.5. The number of esters is 1. The van der Waals surface area contributed by atoms with Crippen LogP contribution in [0.1, 0.15) is 322 Å². The number of aliphatic hydroxyl groups is 2. The zero-order chi connectivity index (χ0) is 49.3. The Balaban J connectivity index is 3.49. The van der Waals surface area contributed by atoms with Crippen molar-refractivity contribution in [2.45, 2.75) is 334 Å². The average molecular weight is 957 g/mol. The van der Waals surface area contributed by atoms with Crippen LogP contribution in [0.5, 0.6) is 0 Å². The molecule has 0 spiro atoms. The second-order valence-corrected chi connectivity index (χ2v) is 20.7. The highest BCUT2D eigenvalue weighted by Crippen LogP contribution is 2.17. The molecule has 0 aliphatic carbocycles. The van der Waals surface area contributed by atoms with Crippen LogP contribution in [0.2, 0.25) is 0 Å². The molecule has 0 fully saturated rings. The van der Waals surface area contributed by atoms with Gasteiger partial charge in [-0.05, 0) is 83.5 Å². The van der Waals surface area contributed by atoms with Crippen molar-refractivity contribution in [2.24, 2.45) is 0 Å². The molecule has 0 aromatic rings. The molecule has 2 unspecified atom stereocenters. The van der Waals surface area contributed by atoms with Crippen molar-refractivity contribution < 1.29 is 24.5 Å². The summed E-state index contributed by atoms with van der Waals surface area (Å²) < 4.78 is 5.47. The fourth-order valence-electron chi connectivity index (χ4n) is 9.25. The highest BCUT2D eigenvalue weighted by molar-refractivity contribution is 5.76. The zero-order valence-electron chi connectivity index (χ0n) is 45.6. The van der Waals surface area contributed by atoms with Crippen LogP contribution in [0.25, 0.3) is 0 Å². The molecule has 0 aromatic carbocycles. The molecule has 0 aliphatic rings. The van der Waals surface area contributed by atoms with Crippen molar-refractivity contribution in [1.29, 1.82) is 0 Å². The molecule has 0 aromatic heterocycles. The number of ether oxygens (including phenoxy) is 1. The quantitative estimate of drug-likeness (QED) is 0.0321. The van der Waals surface area contributed by atoms with Gasteiger partial charge in [-0.1, -0.05) is 262 Å². The topological polar surface area (TPSA) is 95.9 Å². The molecule has 6 nitrogen and oxygen atoms in total. The summed E-state index contributed by atoms with van der Waals surface area (Å²) in [6.07, 6.45) is 71.4. The first kappa shape index (κ1) is 66.1. The molecule has 0 saturated heterocycles. The number of aliphatic hydroxyl groups excluding tert-OH is 2. The summed E-state index contributed by atoms with van der Waals surface area (Å²) in [5.74, 6) is -0.0826. The number of carbonyl (C=O) groups excluding carboxylic acids is 2. The summed E-state index contributed by atoms with van der Waals surface area (Å²) in [6, 6.07) is -0.564. The van der Waals surface area contributed by atoms with Crippen LogP contribution in [0, 0.1) is 0 Å². The van der Waals surface area contributed by atoms with Gasteiger partial charge in [0, 0.05) is 12.8 Å². The molecule has 6 heteroatoms. The number of amides is 1. The van der Waals surface area contributed by atoms with Gasteiger partial charge in [0.1, 0.15) is 0 Å². The minimum Gasteiger partial charge on any atom is -0.466 e. The SMILES string of the molecule is CCCCCC/C=C\C/C=C\CCCCCCCCCC(=O)OCCCCCCCC/C=C\CCCCCC(=O)NC(CO)C(O)CCCCCCCCCCCCCCCCCCCCCC. The van der Waals surface area contributed by atoms with E-state index in [1.165, 1.54) is 212 Å². The van der Waals surface area contributed by atoms with E-state index in [1.807, 2.05) is 0 Å². The van der Waals surface area contributed by atoms with Crippen molar-refractivity contribution >= 4 is 11.9 Å². The molecular weight excluding hydrogens is 839 g/mol. The van der Waals surface area contributed by atoms with Crippen LogP contribution >= 0.6 is 0 Å². The van der Waals surface area contributed by atoms with E-state index >= 15 is 0 Å². The molecule has 0 bridgehead atoms. The monoisotopic (exact) mass is 956 g/mol. The number of rotatable bonds is 56. The third kappa shape index (κ3) is 53.4. The molecule has 0 rings (SSSR count). The first-order chi connectivity index (χ1) is 33.5. The summed E-state index contributed by atoms with van der Waals surface area (Å²) in [5, 5.41) is 23.3. The molecule has 0 saturated carbocycles. The fourth-order valence-corrected chi connectivity index (χ4v) is 9.25. The van der Waals surface area contributed by atoms with Gasteiger partial charge in [0.25, 0.3) is 0 Å². The van der Waals surface area contributed by atoms with Gasteiger partial charge in [0.2, 0.25) is 5.91 Å². The molecule has 2 atom stereocenters. The third-order valence-corrected chi connectivity index (χ3v) is 13.9. The maximum atomic E-state index is 12.5. The molecular formula is C62H117NO5. The van der Waals surface area contributed by atoms with Gasteiger partial charge in [0.05, 0.1) is 25.4 Å². The van der Waals surface area contributed by atoms with Gasteiger partial charge >= 0.3 is 5.97 Å². The van der Waals surface area contributed by atoms with Crippen LogP contribution in [0.15, 0.2) is 36.5 Å². The molecule has 0 heterocycles. The first-order valence-corrected chi connectivity index (χ1v) is 30.2. The lowest BCUT2D eigenvalue weighted by atomic mass is 10.0. The number of carbonyl (C=O) groups is 2. The lowest BCUT2D eigenvalue weighted by Crippen LogP contribution is -2.45. The van der Waals surface area contributed by atoms with E-state index in [0.717, 1.165) is 77.0 Å². The van der Waals surface area contributed by atoms with Crippen LogP contribution in [0.3, 0.4) is 0 Å². The van der Waals surface area contributed by atoms with Crippen molar-refractivity contribution in [3.63, 3.8) is 0 Å². The normalized spacial score (nSPS) is 12.8. The van der Waals surface area contributed by atoms with Crippen LogP contribution in [-0.4, -0.2) is 47.4 Å². The van der Waals surface area contributed by atoms with Crippen molar-refractivity contribution in [1.82, 2.24) is 5.32 Å². The number of hydrogen-bond donors (Lipinski definition) is 3.